The van der Waals surface area contributed by atoms with Crippen LogP contribution in [-0.4, -0.2) is 35.8 Å². The molecule has 2 aromatic carbocycles. The highest BCUT2D eigenvalue weighted by molar-refractivity contribution is 5.80. The Balaban J connectivity index is 1.51. The first-order chi connectivity index (χ1) is 17.0. The first-order valence-corrected chi connectivity index (χ1v) is 12.3. The van der Waals surface area contributed by atoms with E-state index in [1.165, 1.54) is 0 Å². The molecule has 2 atom stereocenters. The number of H-pyrrole nitrogens is 1. The third kappa shape index (κ3) is 4.13. The van der Waals surface area contributed by atoms with Crippen LogP contribution in [0.15, 0.2) is 53.3 Å². The zero-order valence-corrected chi connectivity index (χ0v) is 20.4. The molecule has 0 bridgehead atoms. The van der Waals surface area contributed by atoms with Gasteiger partial charge in [-0.25, -0.2) is 9.78 Å². The number of fused-ring (bicyclic) bond motifs is 1. The van der Waals surface area contributed by atoms with E-state index in [0.29, 0.717) is 12.2 Å². The van der Waals surface area contributed by atoms with Crippen molar-refractivity contribution in [2.24, 2.45) is 0 Å². The maximum Gasteiger partial charge on any atom is 0.271 e. The largest absolute Gasteiger partial charge is 0.298 e. The van der Waals surface area contributed by atoms with E-state index in [0.717, 1.165) is 59.2 Å². The molecular weight excluding hydrogens is 440 g/mol. The van der Waals surface area contributed by atoms with Crippen molar-refractivity contribution in [1.82, 2.24) is 30.0 Å². The van der Waals surface area contributed by atoms with Gasteiger partial charge in [-0.05, 0) is 60.2 Å². The Kier molecular flexibility index (Phi) is 6.19. The molecule has 0 aliphatic carbocycles. The van der Waals surface area contributed by atoms with Gasteiger partial charge in [-0.1, -0.05) is 61.9 Å². The Morgan fingerprint density at radius 1 is 1.06 bits per heavy atom. The molecule has 0 amide bonds. The number of nitrogens with zero attached hydrogens (tertiary/aromatic N) is 5. The average Bonchev–Trinajstić information content (AvgIpc) is 3.49. The van der Waals surface area contributed by atoms with Crippen molar-refractivity contribution in [3.63, 3.8) is 0 Å². The molecule has 5 rings (SSSR count). The number of Topliss-reactive ketones (excluding diaryl/α,β-unsaturated/α-hetero) is 1. The van der Waals surface area contributed by atoms with Gasteiger partial charge in [0.15, 0.2) is 11.6 Å². The van der Waals surface area contributed by atoms with Crippen LogP contribution in [0.4, 0.5) is 0 Å². The van der Waals surface area contributed by atoms with Crippen LogP contribution in [0.5, 0.6) is 0 Å². The Hall–Kier alpha value is -3.81. The molecule has 0 saturated heterocycles. The number of hydrogen-bond acceptors (Lipinski definition) is 5. The molecule has 8 nitrogen and oxygen atoms in total. The number of benzene rings is 2. The summed E-state index contributed by atoms with van der Waals surface area (Å²) < 4.78 is 3.86. The van der Waals surface area contributed by atoms with Crippen molar-refractivity contribution in [2.75, 3.05) is 0 Å². The Morgan fingerprint density at radius 2 is 1.80 bits per heavy atom. The third-order valence-electron chi connectivity index (χ3n) is 7.02. The van der Waals surface area contributed by atoms with Gasteiger partial charge in [-0.2, -0.15) is 0 Å². The van der Waals surface area contributed by atoms with E-state index in [1.807, 2.05) is 24.3 Å². The SMILES string of the molecule is CCCc1c(Cc2ccc(-c3ccccc3-c3nnn[nH]3)cc2)c(=O)n2n1C(C)CCC2C(C)=O. The maximum atomic E-state index is 13.6. The summed E-state index contributed by atoms with van der Waals surface area (Å²) in [6, 6.07) is 16.1. The van der Waals surface area contributed by atoms with Gasteiger partial charge in [0.1, 0.15) is 6.04 Å². The highest BCUT2D eigenvalue weighted by Crippen LogP contribution is 2.32. The standard InChI is InChI=1S/C27H30N6O2/c1-4-7-25-23(27(35)33-24(18(3)34)15-10-17(2)32(25)33)16-19-11-13-20(14-12-19)21-8-5-6-9-22(21)26-28-30-31-29-26/h5-6,8-9,11-14,17,24H,4,7,10,15-16H2,1-3H3,(H,28,29,30,31). The number of ketones is 1. The van der Waals surface area contributed by atoms with Gasteiger partial charge >= 0.3 is 0 Å². The molecule has 4 aromatic rings. The predicted molar refractivity (Wildman–Crippen MR) is 134 cm³/mol. The number of aromatic amines is 1. The molecule has 0 spiro atoms. The summed E-state index contributed by atoms with van der Waals surface area (Å²) in [5, 5.41) is 14.3. The number of rotatable bonds is 7. The molecule has 0 radical (unpaired) electrons. The van der Waals surface area contributed by atoms with E-state index in [-0.39, 0.29) is 23.4 Å². The van der Waals surface area contributed by atoms with E-state index in [9.17, 15) is 9.59 Å². The van der Waals surface area contributed by atoms with Crippen molar-refractivity contribution < 1.29 is 4.79 Å². The molecule has 1 aliphatic rings. The number of nitrogens with one attached hydrogen (secondary N) is 1. The smallest absolute Gasteiger partial charge is 0.271 e. The van der Waals surface area contributed by atoms with E-state index in [1.54, 1.807) is 11.6 Å². The molecule has 1 aliphatic heterocycles. The van der Waals surface area contributed by atoms with Crippen LogP contribution in [0.2, 0.25) is 0 Å². The minimum atomic E-state index is -0.368. The van der Waals surface area contributed by atoms with Crippen LogP contribution in [0, 0.1) is 0 Å². The fourth-order valence-corrected chi connectivity index (χ4v) is 5.32. The van der Waals surface area contributed by atoms with Crippen molar-refractivity contribution in [2.45, 2.75) is 65.0 Å². The first-order valence-electron chi connectivity index (χ1n) is 12.3. The average molecular weight is 471 g/mol. The molecular formula is C27H30N6O2. The van der Waals surface area contributed by atoms with Crippen LogP contribution in [0.3, 0.4) is 0 Å². The van der Waals surface area contributed by atoms with E-state index in [2.05, 4.69) is 63.4 Å². The zero-order valence-electron chi connectivity index (χ0n) is 20.4. The highest BCUT2D eigenvalue weighted by Gasteiger charge is 2.33. The number of carbonyl (C=O) groups excluding carboxylic acids is 1. The molecule has 3 heterocycles. The second-order valence-electron chi connectivity index (χ2n) is 9.39. The number of tetrazole rings is 1. The zero-order chi connectivity index (χ0) is 24.5. The minimum Gasteiger partial charge on any atom is -0.298 e. The number of hydrogen-bond donors (Lipinski definition) is 1. The van der Waals surface area contributed by atoms with E-state index < -0.39 is 0 Å². The van der Waals surface area contributed by atoms with Gasteiger partial charge in [0.05, 0.1) is 0 Å². The van der Waals surface area contributed by atoms with Crippen molar-refractivity contribution >= 4 is 5.78 Å². The summed E-state index contributed by atoms with van der Waals surface area (Å²) in [7, 11) is 0. The first kappa shape index (κ1) is 23.0. The lowest BCUT2D eigenvalue weighted by Crippen LogP contribution is -2.37. The lowest BCUT2D eigenvalue weighted by molar-refractivity contribution is -0.121. The lowest BCUT2D eigenvalue weighted by Gasteiger charge is -2.31. The number of carbonyl (C=O) groups is 1. The van der Waals surface area contributed by atoms with Crippen LogP contribution in [-0.2, 0) is 17.6 Å². The molecule has 180 valence electrons. The topological polar surface area (TPSA) is 98.5 Å². The van der Waals surface area contributed by atoms with Crippen LogP contribution in [0.25, 0.3) is 22.5 Å². The normalized spacial score (nSPS) is 17.3. The second kappa shape index (κ2) is 9.44. The fourth-order valence-electron chi connectivity index (χ4n) is 5.32. The maximum absolute atomic E-state index is 13.6. The summed E-state index contributed by atoms with van der Waals surface area (Å²) in [4.78, 5) is 26.0. The summed E-state index contributed by atoms with van der Waals surface area (Å²) in [6.45, 7) is 5.87. The molecule has 1 N–H and O–H groups in total. The fraction of sp³-hybridized carbons (Fsp3) is 0.370. The van der Waals surface area contributed by atoms with Crippen molar-refractivity contribution in [3.8, 4) is 22.5 Å². The molecule has 35 heavy (non-hydrogen) atoms. The molecule has 0 saturated carbocycles. The minimum absolute atomic E-state index is 0.0209. The molecule has 2 aromatic heterocycles. The van der Waals surface area contributed by atoms with Gasteiger partial charge in [0.2, 0.25) is 0 Å². The molecule has 0 fully saturated rings. The third-order valence-corrected chi connectivity index (χ3v) is 7.02. The summed E-state index contributed by atoms with van der Waals surface area (Å²) >= 11 is 0. The van der Waals surface area contributed by atoms with Gasteiger partial charge in [-0.15, -0.1) is 5.10 Å². The van der Waals surface area contributed by atoms with E-state index >= 15 is 0 Å². The van der Waals surface area contributed by atoms with Gasteiger partial charge < -0.3 is 0 Å². The summed E-state index contributed by atoms with van der Waals surface area (Å²) in [5.41, 5.74) is 5.94. The second-order valence-corrected chi connectivity index (χ2v) is 9.39. The molecule has 2 unspecified atom stereocenters. The Labute approximate surface area is 204 Å². The van der Waals surface area contributed by atoms with Crippen molar-refractivity contribution in [1.29, 1.82) is 0 Å². The Morgan fingerprint density at radius 3 is 2.46 bits per heavy atom. The highest BCUT2D eigenvalue weighted by atomic mass is 16.1. The van der Waals surface area contributed by atoms with Crippen molar-refractivity contribution in [3.05, 3.63) is 75.7 Å². The monoisotopic (exact) mass is 470 g/mol. The van der Waals surface area contributed by atoms with Gasteiger partial charge in [0.25, 0.3) is 5.56 Å². The van der Waals surface area contributed by atoms with E-state index in [4.69, 9.17) is 0 Å². The van der Waals surface area contributed by atoms with Gasteiger partial charge in [-0.3, -0.25) is 14.3 Å². The van der Waals surface area contributed by atoms with Gasteiger partial charge in [0, 0.05) is 29.3 Å². The predicted octanol–water partition coefficient (Wildman–Crippen LogP) is 4.53. The Bertz CT molecular complexity index is 1400. The van der Waals surface area contributed by atoms with Crippen LogP contribution < -0.4 is 5.56 Å². The summed E-state index contributed by atoms with van der Waals surface area (Å²) in [6.07, 6.45) is 3.94. The molecule has 8 heteroatoms. The quantitative estimate of drug-likeness (QED) is 0.428. The lowest BCUT2D eigenvalue weighted by atomic mass is 9.96. The van der Waals surface area contributed by atoms with Crippen LogP contribution >= 0.6 is 0 Å². The summed E-state index contributed by atoms with van der Waals surface area (Å²) in [5.74, 6) is 0.674. The number of aromatic nitrogens is 6. The van der Waals surface area contributed by atoms with Crippen LogP contribution in [0.1, 0.15) is 68.9 Å².